The Morgan fingerprint density at radius 2 is 1.95 bits per heavy atom. The van der Waals surface area contributed by atoms with E-state index in [0.29, 0.717) is 0 Å². The zero-order chi connectivity index (χ0) is 15.8. The first-order valence-electron chi connectivity index (χ1n) is 7.45. The van der Waals surface area contributed by atoms with Gasteiger partial charge in [0.15, 0.2) is 0 Å². The highest BCUT2D eigenvalue weighted by molar-refractivity contribution is 5.25. The van der Waals surface area contributed by atoms with Gasteiger partial charge in [0.1, 0.15) is 0 Å². The van der Waals surface area contributed by atoms with Gasteiger partial charge in [-0.2, -0.15) is 10.2 Å². The monoisotopic (exact) mass is 289 g/mol. The van der Waals surface area contributed by atoms with E-state index in [4.69, 9.17) is 0 Å². The number of hydrogen-bond acceptors (Lipinski definition) is 3. The van der Waals surface area contributed by atoms with Crippen LogP contribution in [0.3, 0.4) is 0 Å². The summed E-state index contributed by atoms with van der Waals surface area (Å²) in [6, 6.07) is 0.270. The van der Waals surface area contributed by atoms with Gasteiger partial charge in [0.25, 0.3) is 0 Å². The average molecular weight is 289 g/mol. The molecule has 2 rings (SSSR count). The van der Waals surface area contributed by atoms with Crippen molar-refractivity contribution in [1.29, 1.82) is 0 Å². The molecule has 1 N–H and O–H groups in total. The third kappa shape index (κ3) is 3.35. The van der Waals surface area contributed by atoms with Gasteiger partial charge in [0, 0.05) is 55.1 Å². The summed E-state index contributed by atoms with van der Waals surface area (Å²) >= 11 is 0. The molecule has 0 saturated heterocycles. The molecule has 0 spiro atoms. The number of nitrogens with zero attached hydrogens (tertiary/aromatic N) is 4. The van der Waals surface area contributed by atoms with Gasteiger partial charge < -0.3 is 5.32 Å². The normalized spacial score (nSPS) is 13.7. The Bertz CT molecular complexity index is 615. The zero-order valence-corrected chi connectivity index (χ0v) is 14.2. The SMILES string of the molecule is Cc1c(C(C)NCc2cn(C)nc2C(C)(C)C)cnn1C. The topological polar surface area (TPSA) is 47.7 Å². The van der Waals surface area contributed by atoms with Gasteiger partial charge in [0.2, 0.25) is 0 Å². The predicted molar refractivity (Wildman–Crippen MR) is 85.1 cm³/mol. The van der Waals surface area contributed by atoms with Gasteiger partial charge in [-0.1, -0.05) is 20.8 Å². The van der Waals surface area contributed by atoms with Crippen molar-refractivity contribution in [2.24, 2.45) is 14.1 Å². The molecular formula is C16H27N5. The highest BCUT2D eigenvalue weighted by atomic mass is 15.3. The van der Waals surface area contributed by atoms with Crippen LogP contribution in [0, 0.1) is 6.92 Å². The van der Waals surface area contributed by atoms with Gasteiger partial charge in [0.05, 0.1) is 11.9 Å². The molecular weight excluding hydrogens is 262 g/mol. The van der Waals surface area contributed by atoms with Crippen molar-refractivity contribution in [2.75, 3.05) is 0 Å². The van der Waals surface area contributed by atoms with Crippen LogP contribution >= 0.6 is 0 Å². The lowest BCUT2D eigenvalue weighted by Crippen LogP contribution is -2.22. The lowest BCUT2D eigenvalue weighted by Gasteiger charge is -2.19. The summed E-state index contributed by atoms with van der Waals surface area (Å²) in [6.45, 7) is 11.7. The van der Waals surface area contributed by atoms with E-state index in [1.807, 2.05) is 29.7 Å². The maximum Gasteiger partial charge on any atom is 0.0722 e. The smallest absolute Gasteiger partial charge is 0.0722 e. The second kappa shape index (κ2) is 5.64. The first kappa shape index (κ1) is 15.8. The number of rotatable bonds is 4. The fourth-order valence-corrected chi connectivity index (χ4v) is 2.61. The summed E-state index contributed by atoms with van der Waals surface area (Å²) in [5, 5.41) is 12.5. The minimum absolute atomic E-state index is 0.0612. The molecule has 0 amide bonds. The van der Waals surface area contributed by atoms with Crippen LogP contribution in [-0.4, -0.2) is 19.6 Å². The Morgan fingerprint density at radius 3 is 2.48 bits per heavy atom. The molecule has 21 heavy (non-hydrogen) atoms. The van der Waals surface area contributed by atoms with Crippen LogP contribution in [0.5, 0.6) is 0 Å². The minimum atomic E-state index is 0.0612. The first-order chi connectivity index (χ1) is 9.70. The van der Waals surface area contributed by atoms with Crippen LogP contribution in [0.1, 0.15) is 56.3 Å². The third-order valence-corrected chi connectivity index (χ3v) is 3.95. The van der Waals surface area contributed by atoms with E-state index in [-0.39, 0.29) is 11.5 Å². The summed E-state index contributed by atoms with van der Waals surface area (Å²) in [4.78, 5) is 0. The van der Waals surface area contributed by atoms with Crippen molar-refractivity contribution in [3.05, 3.63) is 34.9 Å². The van der Waals surface area contributed by atoms with E-state index in [1.165, 1.54) is 16.8 Å². The first-order valence-corrected chi connectivity index (χ1v) is 7.45. The van der Waals surface area contributed by atoms with Crippen LogP contribution in [0.4, 0.5) is 0 Å². The molecule has 0 aromatic carbocycles. The van der Waals surface area contributed by atoms with Crippen LogP contribution in [0.15, 0.2) is 12.4 Å². The Balaban J connectivity index is 2.12. The van der Waals surface area contributed by atoms with Crippen molar-refractivity contribution in [3.8, 4) is 0 Å². The summed E-state index contributed by atoms with van der Waals surface area (Å²) in [7, 11) is 3.96. The summed E-state index contributed by atoms with van der Waals surface area (Å²) in [5.74, 6) is 0. The second-order valence-electron chi connectivity index (χ2n) is 6.84. The molecule has 116 valence electrons. The van der Waals surface area contributed by atoms with Gasteiger partial charge >= 0.3 is 0 Å². The molecule has 5 nitrogen and oxygen atoms in total. The van der Waals surface area contributed by atoms with Gasteiger partial charge in [-0.15, -0.1) is 0 Å². The van der Waals surface area contributed by atoms with E-state index in [1.54, 1.807) is 0 Å². The van der Waals surface area contributed by atoms with E-state index >= 15 is 0 Å². The Hall–Kier alpha value is -1.62. The molecule has 1 atom stereocenters. The van der Waals surface area contributed by atoms with E-state index < -0.39 is 0 Å². The van der Waals surface area contributed by atoms with Crippen LogP contribution in [0.25, 0.3) is 0 Å². The van der Waals surface area contributed by atoms with E-state index in [0.717, 1.165) is 12.2 Å². The van der Waals surface area contributed by atoms with Crippen molar-refractivity contribution in [3.63, 3.8) is 0 Å². The quantitative estimate of drug-likeness (QED) is 0.941. The lowest BCUT2D eigenvalue weighted by atomic mass is 9.89. The molecule has 0 bridgehead atoms. The summed E-state index contributed by atoms with van der Waals surface area (Å²) in [5.41, 5.74) is 4.94. The Kier molecular flexibility index (Phi) is 4.23. The standard InChI is InChI=1S/C16H27N5/c1-11(14-9-18-21(7)12(14)2)17-8-13-10-20(6)19-15(13)16(3,4)5/h9-11,17H,8H2,1-7H3. The molecule has 0 aliphatic carbocycles. The molecule has 2 aromatic heterocycles. The number of aromatic nitrogens is 4. The zero-order valence-electron chi connectivity index (χ0n) is 14.2. The highest BCUT2D eigenvalue weighted by Crippen LogP contribution is 2.25. The fraction of sp³-hybridized carbons (Fsp3) is 0.625. The second-order valence-corrected chi connectivity index (χ2v) is 6.84. The molecule has 0 saturated carbocycles. The molecule has 0 radical (unpaired) electrons. The van der Waals surface area contributed by atoms with Crippen LogP contribution in [-0.2, 0) is 26.1 Å². The van der Waals surface area contributed by atoms with Crippen molar-refractivity contribution in [2.45, 2.75) is 52.6 Å². The molecule has 2 aromatic rings. The molecule has 2 heterocycles. The van der Waals surface area contributed by atoms with Crippen molar-refractivity contribution < 1.29 is 0 Å². The maximum absolute atomic E-state index is 4.61. The Labute approximate surface area is 127 Å². The molecule has 0 aliphatic rings. The van der Waals surface area contributed by atoms with E-state index in [9.17, 15) is 0 Å². The Morgan fingerprint density at radius 1 is 1.29 bits per heavy atom. The molecule has 0 aliphatic heterocycles. The minimum Gasteiger partial charge on any atom is -0.306 e. The van der Waals surface area contributed by atoms with Crippen molar-refractivity contribution >= 4 is 0 Å². The number of nitrogens with one attached hydrogen (secondary N) is 1. The number of hydrogen-bond donors (Lipinski definition) is 1. The van der Waals surface area contributed by atoms with Gasteiger partial charge in [-0.05, 0) is 13.8 Å². The predicted octanol–water partition coefficient (Wildman–Crippen LogP) is 2.61. The molecule has 1 unspecified atom stereocenters. The van der Waals surface area contributed by atoms with Crippen LogP contribution in [0.2, 0.25) is 0 Å². The van der Waals surface area contributed by atoms with Crippen LogP contribution < -0.4 is 5.32 Å². The summed E-state index contributed by atoms with van der Waals surface area (Å²) < 4.78 is 3.82. The molecule has 0 fully saturated rings. The lowest BCUT2D eigenvalue weighted by molar-refractivity contribution is 0.530. The average Bonchev–Trinajstić information content (AvgIpc) is 2.91. The van der Waals surface area contributed by atoms with Crippen molar-refractivity contribution in [1.82, 2.24) is 24.9 Å². The highest BCUT2D eigenvalue weighted by Gasteiger charge is 2.22. The van der Waals surface area contributed by atoms with E-state index in [2.05, 4.69) is 56.3 Å². The maximum atomic E-state index is 4.61. The van der Waals surface area contributed by atoms with Gasteiger partial charge in [-0.25, -0.2) is 0 Å². The third-order valence-electron chi connectivity index (χ3n) is 3.95. The fourth-order valence-electron chi connectivity index (χ4n) is 2.61. The summed E-state index contributed by atoms with van der Waals surface area (Å²) in [6.07, 6.45) is 4.05. The molecule has 5 heteroatoms. The van der Waals surface area contributed by atoms with Gasteiger partial charge in [-0.3, -0.25) is 9.36 Å². The largest absolute Gasteiger partial charge is 0.306 e. The number of aryl methyl sites for hydroxylation is 2.